The Morgan fingerprint density at radius 2 is 1.35 bits per heavy atom. The van der Waals surface area contributed by atoms with Gasteiger partial charge in [0, 0.05) is 12.0 Å². The van der Waals surface area contributed by atoms with Crippen molar-refractivity contribution in [2.45, 2.75) is 11.3 Å². The summed E-state index contributed by atoms with van der Waals surface area (Å²) in [5.41, 5.74) is 2.74. The minimum atomic E-state index is -3.51. The normalized spacial score (nSPS) is 11.2. The number of carbonyl (C=O) groups is 1. The number of hydrogen-bond acceptors (Lipinski definition) is 5. The minimum Gasteiger partial charge on any atom is -0.302 e. The standard InChI is InChI=1S/C24H20N2O3S2/c27-21(16-17-31(28,29)20-14-8-3-9-15-20)25-24-26-22(18-10-4-1-5-11-18)23(30-24)19-12-6-2-7-13-19/h1-15H,16-17H2,(H,25,26,27). The van der Waals surface area contributed by atoms with Gasteiger partial charge in [0.05, 0.1) is 21.2 Å². The van der Waals surface area contributed by atoms with E-state index in [1.807, 2.05) is 60.7 Å². The first-order valence-electron chi connectivity index (χ1n) is 9.72. The summed E-state index contributed by atoms with van der Waals surface area (Å²) in [5.74, 6) is -0.641. The van der Waals surface area contributed by atoms with Crippen molar-refractivity contribution in [3.8, 4) is 21.7 Å². The van der Waals surface area contributed by atoms with Crippen LogP contribution in [0, 0.1) is 0 Å². The molecule has 0 aliphatic rings. The van der Waals surface area contributed by atoms with Gasteiger partial charge in [0.25, 0.3) is 0 Å². The van der Waals surface area contributed by atoms with E-state index in [9.17, 15) is 13.2 Å². The van der Waals surface area contributed by atoms with E-state index in [1.165, 1.54) is 23.5 Å². The second kappa shape index (κ2) is 9.24. The van der Waals surface area contributed by atoms with E-state index in [4.69, 9.17) is 0 Å². The molecule has 0 aliphatic carbocycles. The molecule has 1 aromatic heterocycles. The van der Waals surface area contributed by atoms with Crippen LogP contribution in [0.1, 0.15) is 6.42 Å². The lowest BCUT2D eigenvalue weighted by Crippen LogP contribution is -2.17. The molecule has 0 radical (unpaired) electrons. The average Bonchev–Trinajstić information content (AvgIpc) is 3.23. The molecule has 3 aromatic carbocycles. The monoisotopic (exact) mass is 448 g/mol. The highest BCUT2D eigenvalue weighted by Gasteiger charge is 2.19. The quantitative estimate of drug-likeness (QED) is 0.417. The van der Waals surface area contributed by atoms with Gasteiger partial charge >= 0.3 is 0 Å². The number of anilines is 1. The highest BCUT2D eigenvalue weighted by atomic mass is 32.2. The average molecular weight is 449 g/mol. The first-order chi connectivity index (χ1) is 15.0. The summed E-state index contributed by atoms with van der Waals surface area (Å²) in [6, 6.07) is 27.8. The van der Waals surface area contributed by atoms with E-state index in [-0.39, 0.29) is 23.0 Å². The van der Waals surface area contributed by atoms with Crippen LogP contribution in [0.4, 0.5) is 5.13 Å². The van der Waals surface area contributed by atoms with Crippen LogP contribution in [0.2, 0.25) is 0 Å². The van der Waals surface area contributed by atoms with Gasteiger partial charge in [-0.1, -0.05) is 90.2 Å². The SMILES string of the molecule is O=C(CCS(=O)(=O)c1ccccc1)Nc1nc(-c2ccccc2)c(-c2ccccc2)s1. The lowest BCUT2D eigenvalue weighted by atomic mass is 10.1. The van der Waals surface area contributed by atoms with E-state index in [2.05, 4.69) is 10.3 Å². The van der Waals surface area contributed by atoms with Gasteiger partial charge in [0.15, 0.2) is 15.0 Å². The van der Waals surface area contributed by atoms with E-state index in [0.717, 1.165) is 21.7 Å². The van der Waals surface area contributed by atoms with Crippen LogP contribution in [0.15, 0.2) is 95.9 Å². The third kappa shape index (κ3) is 5.07. The molecule has 0 unspecified atom stereocenters. The molecule has 156 valence electrons. The Balaban J connectivity index is 1.53. The van der Waals surface area contributed by atoms with Gasteiger partial charge in [-0.2, -0.15) is 0 Å². The number of nitrogens with one attached hydrogen (secondary N) is 1. The first kappa shape index (κ1) is 21.0. The maximum Gasteiger partial charge on any atom is 0.227 e. The molecule has 1 heterocycles. The van der Waals surface area contributed by atoms with Crippen LogP contribution in [0.25, 0.3) is 21.7 Å². The molecule has 0 fully saturated rings. The minimum absolute atomic E-state index is 0.141. The summed E-state index contributed by atoms with van der Waals surface area (Å²) in [4.78, 5) is 18.3. The number of sulfone groups is 1. The Bertz CT molecular complexity index is 1210. The fourth-order valence-electron chi connectivity index (χ4n) is 3.10. The van der Waals surface area contributed by atoms with Gasteiger partial charge in [0.2, 0.25) is 5.91 Å². The number of hydrogen-bond donors (Lipinski definition) is 1. The fourth-order valence-corrected chi connectivity index (χ4v) is 5.38. The van der Waals surface area contributed by atoms with Crippen LogP contribution in [-0.2, 0) is 14.6 Å². The van der Waals surface area contributed by atoms with Crippen molar-refractivity contribution in [3.05, 3.63) is 91.0 Å². The maximum absolute atomic E-state index is 12.5. The second-order valence-electron chi connectivity index (χ2n) is 6.86. The summed E-state index contributed by atoms with van der Waals surface area (Å²) in [6.07, 6.45) is -0.141. The lowest BCUT2D eigenvalue weighted by Gasteiger charge is -2.04. The largest absolute Gasteiger partial charge is 0.302 e. The summed E-state index contributed by atoms with van der Waals surface area (Å²) in [5, 5.41) is 3.21. The zero-order valence-electron chi connectivity index (χ0n) is 16.6. The summed E-state index contributed by atoms with van der Waals surface area (Å²) >= 11 is 1.37. The Morgan fingerprint density at radius 1 is 0.806 bits per heavy atom. The Morgan fingerprint density at radius 3 is 1.97 bits per heavy atom. The van der Waals surface area contributed by atoms with Crippen molar-refractivity contribution in [3.63, 3.8) is 0 Å². The van der Waals surface area contributed by atoms with Gasteiger partial charge in [-0.15, -0.1) is 0 Å². The third-order valence-corrected chi connectivity index (χ3v) is 7.41. The Labute approximate surface area is 185 Å². The number of carbonyl (C=O) groups excluding carboxylic acids is 1. The first-order valence-corrected chi connectivity index (χ1v) is 12.2. The molecular weight excluding hydrogens is 428 g/mol. The van der Waals surface area contributed by atoms with Gasteiger partial charge < -0.3 is 5.32 Å². The summed E-state index contributed by atoms with van der Waals surface area (Å²) in [7, 11) is -3.51. The summed E-state index contributed by atoms with van der Waals surface area (Å²) in [6.45, 7) is 0. The van der Waals surface area contributed by atoms with Crippen molar-refractivity contribution in [1.29, 1.82) is 0 Å². The van der Waals surface area contributed by atoms with Gasteiger partial charge in [0.1, 0.15) is 0 Å². The molecule has 0 saturated carbocycles. The molecule has 1 amide bonds. The molecule has 4 aromatic rings. The van der Waals surface area contributed by atoms with E-state index < -0.39 is 9.84 Å². The number of amides is 1. The van der Waals surface area contributed by atoms with Gasteiger partial charge in [-0.05, 0) is 17.7 Å². The topological polar surface area (TPSA) is 76.1 Å². The molecule has 4 rings (SSSR count). The van der Waals surface area contributed by atoms with Crippen molar-refractivity contribution < 1.29 is 13.2 Å². The number of rotatable bonds is 7. The molecule has 0 bridgehead atoms. The molecule has 5 nitrogen and oxygen atoms in total. The molecule has 1 N–H and O–H groups in total. The zero-order valence-corrected chi connectivity index (χ0v) is 18.2. The van der Waals surface area contributed by atoms with Crippen LogP contribution in [0.5, 0.6) is 0 Å². The molecular formula is C24H20N2O3S2. The van der Waals surface area contributed by atoms with Crippen molar-refractivity contribution in [2.75, 3.05) is 11.1 Å². The van der Waals surface area contributed by atoms with E-state index >= 15 is 0 Å². The second-order valence-corrected chi connectivity index (χ2v) is 9.97. The van der Waals surface area contributed by atoms with Crippen LogP contribution < -0.4 is 5.32 Å². The molecule has 31 heavy (non-hydrogen) atoms. The molecule has 0 spiro atoms. The van der Waals surface area contributed by atoms with E-state index in [0.29, 0.717) is 5.13 Å². The van der Waals surface area contributed by atoms with E-state index in [1.54, 1.807) is 18.2 Å². The molecule has 7 heteroatoms. The van der Waals surface area contributed by atoms with Crippen molar-refractivity contribution >= 4 is 32.2 Å². The van der Waals surface area contributed by atoms with Gasteiger partial charge in [-0.3, -0.25) is 4.79 Å². The Hall–Kier alpha value is -3.29. The number of aromatic nitrogens is 1. The highest BCUT2D eigenvalue weighted by Crippen LogP contribution is 2.38. The highest BCUT2D eigenvalue weighted by molar-refractivity contribution is 7.91. The number of nitrogens with zero attached hydrogens (tertiary/aromatic N) is 1. The van der Waals surface area contributed by atoms with Crippen LogP contribution >= 0.6 is 11.3 Å². The van der Waals surface area contributed by atoms with Crippen molar-refractivity contribution in [1.82, 2.24) is 4.98 Å². The third-order valence-electron chi connectivity index (χ3n) is 4.66. The zero-order chi connectivity index (χ0) is 21.7. The lowest BCUT2D eigenvalue weighted by molar-refractivity contribution is -0.115. The predicted octanol–water partition coefficient (Wildman–Crippen LogP) is 5.28. The maximum atomic E-state index is 12.5. The van der Waals surface area contributed by atoms with Crippen LogP contribution in [-0.4, -0.2) is 25.1 Å². The smallest absolute Gasteiger partial charge is 0.227 e. The fraction of sp³-hybridized carbons (Fsp3) is 0.0833. The number of thiazole rings is 1. The van der Waals surface area contributed by atoms with Gasteiger partial charge in [-0.25, -0.2) is 13.4 Å². The van der Waals surface area contributed by atoms with Crippen molar-refractivity contribution in [2.24, 2.45) is 0 Å². The molecule has 0 saturated heterocycles. The molecule has 0 atom stereocenters. The molecule has 0 aliphatic heterocycles. The van der Waals surface area contributed by atoms with Crippen LogP contribution in [0.3, 0.4) is 0 Å². The number of benzene rings is 3. The summed E-state index contributed by atoms with van der Waals surface area (Å²) < 4.78 is 24.8. The Kier molecular flexibility index (Phi) is 6.25. The predicted molar refractivity (Wildman–Crippen MR) is 125 cm³/mol.